The first-order valence-electron chi connectivity index (χ1n) is 7.18. The van der Waals surface area contributed by atoms with Crippen LogP contribution in [0, 0.1) is 0 Å². The van der Waals surface area contributed by atoms with Gasteiger partial charge in [0.2, 0.25) is 5.91 Å². The zero-order valence-corrected chi connectivity index (χ0v) is 12.0. The predicted octanol–water partition coefficient (Wildman–Crippen LogP) is 0.836. The number of anilines is 1. The molecule has 1 aromatic rings. The minimum atomic E-state index is -0.123. The second kappa shape index (κ2) is 7.75. The molecule has 1 aromatic carbocycles. The molecule has 3 N–H and O–H groups in total. The topological polar surface area (TPSA) is 84.7 Å². The van der Waals surface area contributed by atoms with E-state index < -0.39 is 0 Å². The highest BCUT2D eigenvalue weighted by atomic mass is 16.5. The van der Waals surface area contributed by atoms with Crippen molar-refractivity contribution >= 4 is 17.5 Å². The molecule has 21 heavy (non-hydrogen) atoms. The maximum Gasteiger partial charge on any atom is 0.256 e. The zero-order valence-electron chi connectivity index (χ0n) is 12.0. The number of benzene rings is 1. The van der Waals surface area contributed by atoms with Crippen molar-refractivity contribution in [1.29, 1.82) is 0 Å². The van der Waals surface area contributed by atoms with Crippen molar-refractivity contribution in [2.24, 2.45) is 5.73 Å². The monoisotopic (exact) mass is 291 g/mol. The molecular weight excluding hydrogens is 270 g/mol. The van der Waals surface area contributed by atoms with Gasteiger partial charge >= 0.3 is 0 Å². The van der Waals surface area contributed by atoms with Crippen LogP contribution in [0.3, 0.4) is 0 Å². The summed E-state index contributed by atoms with van der Waals surface area (Å²) in [4.78, 5) is 26.1. The first kappa shape index (κ1) is 15.5. The minimum Gasteiger partial charge on any atom is -0.378 e. The van der Waals surface area contributed by atoms with Gasteiger partial charge in [-0.3, -0.25) is 9.59 Å². The average molecular weight is 291 g/mol. The van der Waals surface area contributed by atoms with Gasteiger partial charge < -0.3 is 20.7 Å². The Hall–Kier alpha value is -1.92. The number of carbonyl (C=O) groups is 2. The quantitative estimate of drug-likeness (QED) is 0.842. The van der Waals surface area contributed by atoms with E-state index in [9.17, 15) is 9.59 Å². The van der Waals surface area contributed by atoms with E-state index in [4.69, 9.17) is 10.5 Å². The highest BCUT2D eigenvalue weighted by Crippen LogP contribution is 2.18. The lowest BCUT2D eigenvalue weighted by Crippen LogP contribution is -2.41. The SMILES string of the molecule is NCCCC(=O)Nc1ccccc1C(=O)N1CCOCC1. The first-order chi connectivity index (χ1) is 10.2. The fourth-order valence-electron chi connectivity index (χ4n) is 2.19. The second-order valence-electron chi connectivity index (χ2n) is 4.89. The Balaban J connectivity index is 2.08. The number of nitrogens with zero attached hydrogens (tertiary/aromatic N) is 1. The van der Waals surface area contributed by atoms with Crippen LogP contribution in [0.25, 0.3) is 0 Å². The molecule has 2 amide bonds. The van der Waals surface area contributed by atoms with E-state index >= 15 is 0 Å². The highest BCUT2D eigenvalue weighted by Gasteiger charge is 2.21. The number of morpholine rings is 1. The maximum absolute atomic E-state index is 12.5. The van der Waals surface area contributed by atoms with Crippen LogP contribution >= 0.6 is 0 Å². The molecule has 0 atom stereocenters. The first-order valence-corrected chi connectivity index (χ1v) is 7.18. The zero-order chi connectivity index (χ0) is 15.1. The number of para-hydroxylation sites is 1. The van der Waals surface area contributed by atoms with Crippen molar-refractivity contribution in [3.8, 4) is 0 Å². The number of nitrogens with two attached hydrogens (primary N) is 1. The minimum absolute atomic E-state index is 0.0759. The van der Waals surface area contributed by atoms with Gasteiger partial charge in [0.05, 0.1) is 24.5 Å². The third-order valence-corrected chi connectivity index (χ3v) is 3.34. The van der Waals surface area contributed by atoms with Gasteiger partial charge in [-0.15, -0.1) is 0 Å². The Morgan fingerprint density at radius 3 is 2.67 bits per heavy atom. The van der Waals surface area contributed by atoms with Crippen LogP contribution in [0.4, 0.5) is 5.69 Å². The van der Waals surface area contributed by atoms with Crippen LogP contribution in [0.2, 0.25) is 0 Å². The summed E-state index contributed by atoms with van der Waals surface area (Å²) in [6.07, 6.45) is 0.988. The summed E-state index contributed by atoms with van der Waals surface area (Å²) in [5, 5.41) is 2.79. The van der Waals surface area contributed by atoms with Gasteiger partial charge in [0.1, 0.15) is 0 Å². The van der Waals surface area contributed by atoms with Gasteiger partial charge in [-0.1, -0.05) is 12.1 Å². The number of hydrogen-bond acceptors (Lipinski definition) is 4. The molecule has 1 aliphatic heterocycles. The van der Waals surface area contributed by atoms with E-state index in [0.29, 0.717) is 56.9 Å². The number of nitrogens with one attached hydrogen (secondary N) is 1. The van der Waals surface area contributed by atoms with Gasteiger partial charge in [-0.05, 0) is 25.1 Å². The second-order valence-corrected chi connectivity index (χ2v) is 4.89. The summed E-state index contributed by atoms with van der Waals surface area (Å²) < 4.78 is 5.25. The van der Waals surface area contributed by atoms with Crippen LogP contribution in [0.1, 0.15) is 23.2 Å². The molecular formula is C15H21N3O3. The lowest BCUT2D eigenvalue weighted by Gasteiger charge is -2.27. The van der Waals surface area contributed by atoms with Crippen molar-refractivity contribution in [2.45, 2.75) is 12.8 Å². The summed E-state index contributed by atoms with van der Waals surface area (Å²) in [7, 11) is 0. The molecule has 1 aliphatic rings. The Labute approximate surface area is 124 Å². The largest absolute Gasteiger partial charge is 0.378 e. The standard InChI is InChI=1S/C15H21N3O3/c16-7-3-6-14(19)17-13-5-2-1-4-12(13)15(20)18-8-10-21-11-9-18/h1-2,4-5H,3,6-11,16H2,(H,17,19). The van der Waals surface area contributed by atoms with Crippen molar-refractivity contribution < 1.29 is 14.3 Å². The van der Waals surface area contributed by atoms with E-state index in [1.807, 2.05) is 0 Å². The van der Waals surface area contributed by atoms with E-state index in [1.54, 1.807) is 29.2 Å². The lowest BCUT2D eigenvalue weighted by atomic mass is 10.1. The maximum atomic E-state index is 12.5. The molecule has 0 aromatic heterocycles. The third-order valence-electron chi connectivity index (χ3n) is 3.34. The normalized spacial score (nSPS) is 14.8. The Kier molecular flexibility index (Phi) is 5.71. The molecule has 0 aliphatic carbocycles. The van der Waals surface area contributed by atoms with Crippen LogP contribution < -0.4 is 11.1 Å². The molecule has 6 nitrogen and oxygen atoms in total. The molecule has 1 saturated heterocycles. The van der Waals surface area contributed by atoms with Gasteiger partial charge in [-0.25, -0.2) is 0 Å². The van der Waals surface area contributed by atoms with Gasteiger partial charge in [0.15, 0.2) is 0 Å². The van der Waals surface area contributed by atoms with E-state index in [0.717, 1.165) is 0 Å². The number of carbonyl (C=O) groups excluding carboxylic acids is 2. The highest BCUT2D eigenvalue weighted by molar-refractivity contribution is 6.03. The van der Waals surface area contributed by atoms with Gasteiger partial charge in [0.25, 0.3) is 5.91 Å². The van der Waals surface area contributed by atoms with Crippen LogP contribution in [-0.2, 0) is 9.53 Å². The molecule has 1 heterocycles. The molecule has 0 radical (unpaired) electrons. The third kappa shape index (κ3) is 4.27. The lowest BCUT2D eigenvalue weighted by molar-refractivity contribution is -0.116. The van der Waals surface area contributed by atoms with E-state index in [2.05, 4.69) is 5.32 Å². The summed E-state index contributed by atoms with van der Waals surface area (Å²) >= 11 is 0. The number of rotatable bonds is 5. The molecule has 1 fully saturated rings. The van der Waals surface area contributed by atoms with Crippen LogP contribution in [-0.4, -0.2) is 49.6 Å². The van der Waals surface area contributed by atoms with Crippen molar-refractivity contribution in [2.75, 3.05) is 38.2 Å². The molecule has 0 bridgehead atoms. The fourth-order valence-corrected chi connectivity index (χ4v) is 2.19. The Morgan fingerprint density at radius 1 is 1.24 bits per heavy atom. The summed E-state index contributed by atoms with van der Waals surface area (Å²) in [5.41, 5.74) is 6.46. The summed E-state index contributed by atoms with van der Waals surface area (Å²) in [5.74, 6) is -0.198. The molecule has 0 spiro atoms. The van der Waals surface area contributed by atoms with Gasteiger partial charge in [0, 0.05) is 19.5 Å². The van der Waals surface area contributed by atoms with E-state index in [-0.39, 0.29) is 11.8 Å². The molecule has 114 valence electrons. The Bertz CT molecular complexity index is 499. The molecule has 2 rings (SSSR count). The number of hydrogen-bond donors (Lipinski definition) is 2. The molecule has 6 heteroatoms. The van der Waals surface area contributed by atoms with Crippen molar-refractivity contribution in [3.05, 3.63) is 29.8 Å². The molecule has 0 unspecified atom stereocenters. The summed E-state index contributed by atoms with van der Waals surface area (Å²) in [6.45, 7) is 2.73. The molecule has 0 saturated carbocycles. The fraction of sp³-hybridized carbons (Fsp3) is 0.467. The average Bonchev–Trinajstić information content (AvgIpc) is 2.53. The summed E-state index contributed by atoms with van der Waals surface area (Å²) in [6, 6.07) is 7.07. The van der Waals surface area contributed by atoms with E-state index in [1.165, 1.54) is 0 Å². The van der Waals surface area contributed by atoms with Crippen LogP contribution in [0.15, 0.2) is 24.3 Å². The van der Waals surface area contributed by atoms with Crippen molar-refractivity contribution in [1.82, 2.24) is 4.90 Å². The smallest absolute Gasteiger partial charge is 0.256 e. The number of ether oxygens (including phenoxy) is 1. The van der Waals surface area contributed by atoms with Gasteiger partial charge in [-0.2, -0.15) is 0 Å². The Morgan fingerprint density at radius 2 is 1.95 bits per heavy atom. The van der Waals surface area contributed by atoms with Crippen LogP contribution in [0.5, 0.6) is 0 Å². The predicted molar refractivity (Wildman–Crippen MR) is 80.1 cm³/mol. The van der Waals surface area contributed by atoms with Crippen molar-refractivity contribution in [3.63, 3.8) is 0 Å². The number of amides is 2.